The van der Waals surface area contributed by atoms with Crippen molar-refractivity contribution in [1.82, 2.24) is 5.32 Å². The maximum atomic E-state index is 10.6. The lowest BCUT2D eigenvalue weighted by molar-refractivity contribution is -0.118. The molecule has 1 amide bonds. The van der Waals surface area contributed by atoms with Crippen LogP contribution >= 0.6 is 0 Å². The first kappa shape index (κ1) is 13.7. The molecule has 1 aromatic carbocycles. The van der Waals surface area contributed by atoms with Gasteiger partial charge in [-0.3, -0.25) is 4.79 Å². The zero-order chi connectivity index (χ0) is 13.7. The van der Waals surface area contributed by atoms with Crippen LogP contribution in [0.5, 0.6) is 11.5 Å². The van der Waals surface area contributed by atoms with Gasteiger partial charge in [0, 0.05) is 12.5 Å². The minimum Gasteiger partial charge on any atom is -0.454 e. The van der Waals surface area contributed by atoms with Crippen LogP contribution in [0, 0.1) is 0 Å². The number of nitrogens with two attached hydrogens (primary N) is 1. The van der Waals surface area contributed by atoms with Crippen LogP contribution in [0.15, 0.2) is 18.2 Å². The van der Waals surface area contributed by atoms with Crippen molar-refractivity contribution in [3.8, 4) is 11.5 Å². The van der Waals surface area contributed by atoms with E-state index in [-0.39, 0.29) is 11.9 Å². The van der Waals surface area contributed by atoms with Crippen LogP contribution in [0.3, 0.4) is 0 Å². The molecule has 0 saturated carbocycles. The Labute approximate surface area is 113 Å². The van der Waals surface area contributed by atoms with Crippen molar-refractivity contribution < 1.29 is 14.3 Å². The normalized spacial score (nSPS) is 14.4. The second kappa shape index (κ2) is 6.43. The SMILES string of the molecule is CC(NCCCCC(N)=O)c1ccc2c(c1)OCO2. The minimum atomic E-state index is -0.233. The van der Waals surface area contributed by atoms with Gasteiger partial charge in [0.25, 0.3) is 0 Å². The van der Waals surface area contributed by atoms with E-state index in [1.165, 1.54) is 5.56 Å². The number of hydrogen-bond acceptors (Lipinski definition) is 4. The van der Waals surface area contributed by atoms with Gasteiger partial charge in [-0.2, -0.15) is 0 Å². The van der Waals surface area contributed by atoms with Gasteiger partial charge in [-0.25, -0.2) is 0 Å². The molecule has 0 radical (unpaired) electrons. The molecule has 5 heteroatoms. The van der Waals surface area contributed by atoms with Gasteiger partial charge in [-0.1, -0.05) is 6.07 Å². The van der Waals surface area contributed by atoms with Crippen molar-refractivity contribution in [3.05, 3.63) is 23.8 Å². The maximum Gasteiger partial charge on any atom is 0.231 e. The fourth-order valence-electron chi connectivity index (χ4n) is 2.04. The molecule has 5 nitrogen and oxygen atoms in total. The standard InChI is InChI=1S/C14H20N2O3/c1-10(16-7-3-2-4-14(15)17)11-5-6-12-13(8-11)19-9-18-12/h5-6,8,10,16H,2-4,7,9H2,1H3,(H2,15,17). The summed E-state index contributed by atoms with van der Waals surface area (Å²) in [6.45, 7) is 3.27. The third kappa shape index (κ3) is 3.86. The molecule has 1 atom stereocenters. The largest absolute Gasteiger partial charge is 0.454 e. The number of benzene rings is 1. The lowest BCUT2D eigenvalue weighted by Gasteiger charge is -2.14. The van der Waals surface area contributed by atoms with Crippen molar-refractivity contribution >= 4 is 5.91 Å². The van der Waals surface area contributed by atoms with E-state index in [2.05, 4.69) is 12.2 Å². The van der Waals surface area contributed by atoms with Gasteiger partial charge in [-0.05, 0) is 44.0 Å². The Bertz CT molecular complexity index is 448. The summed E-state index contributed by atoms with van der Waals surface area (Å²) in [4.78, 5) is 10.6. The molecule has 104 valence electrons. The fourth-order valence-corrected chi connectivity index (χ4v) is 2.04. The van der Waals surface area contributed by atoms with Crippen molar-refractivity contribution in [2.24, 2.45) is 5.73 Å². The molecule has 1 aliphatic rings. The van der Waals surface area contributed by atoms with Gasteiger partial charge in [0.15, 0.2) is 11.5 Å². The van der Waals surface area contributed by atoms with E-state index in [0.29, 0.717) is 13.2 Å². The molecule has 3 N–H and O–H groups in total. The van der Waals surface area contributed by atoms with E-state index in [1.54, 1.807) is 0 Å². The molecule has 2 rings (SSSR count). The van der Waals surface area contributed by atoms with Crippen molar-refractivity contribution in [2.45, 2.75) is 32.2 Å². The van der Waals surface area contributed by atoms with Gasteiger partial charge in [0.05, 0.1) is 0 Å². The molecular formula is C14H20N2O3. The van der Waals surface area contributed by atoms with Crippen LogP contribution < -0.4 is 20.5 Å². The minimum absolute atomic E-state index is 0.233. The first-order valence-corrected chi connectivity index (χ1v) is 6.58. The van der Waals surface area contributed by atoms with Crippen LogP contribution in [0.25, 0.3) is 0 Å². The number of hydrogen-bond donors (Lipinski definition) is 2. The van der Waals surface area contributed by atoms with E-state index < -0.39 is 0 Å². The second-order valence-corrected chi connectivity index (χ2v) is 4.71. The predicted molar refractivity (Wildman–Crippen MR) is 72.0 cm³/mol. The number of rotatable bonds is 7. The number of carbonyl (C=O) groups is 1. The number of carbonyl (C=O) groups excluding carboxylic acids is 1. The highest BCUT2D eigenvalue weighted by Gasteiger charge is 2.15. The summed E-state index contributed by atoms with van der Waals surface area (Å²) in [6.07, 6.45) is 2.23. The van der Waals surface area contributed by atoms with Crippen LogP contribution in [-0.2, 0) is 4.79 Å². The Morgan fingerprint density at radius 1 is 1.37 bits per heavy atom. The highest BCUT2D eigenvalue weighted by Crippen LogP contribution is 2.34. The fraction of sp³-hybridized carbons (Fsp3) is 0.500. The summed E-state index contributed by atoms with van der Waals surface area (Å²) in [6, 6.07) is 6.21. The quantitative estimate of drug-likeness (QED) is 0.735. The summed E-state index contributed by atoms with van der Waals surface area (Å²) in [5, 5.41) is 3.42. The first-order valence-electron chi connectivity index (χ1n) is 6.58. The molecule has 0 aromatic heterocycles. The van der Waals surface area contributed by atoms with Crippen molar-refractivity contribution in [2.75, 3.05) is 13.3 Å². The number of nitrogens with one attached hydrogen (secondary N) is 1. The van der Waals surface area contributed by atoms with E-state index in [4.69, 9.17) is 15.2 Å². The first-order chi connectivity index (χ1) is 9.16. The lowest BCUT2D eigenvalue weighted by atomic mass is 10.1. The van der Waals surface area contributed by atoms with Crippen LogP contribution in [0.2, 0.25) is 0 Å². The number of unbranched alkanes of at least 4 members (excludes halogenated alkanes) is 1. The molecule has 1 aliphatic heterocycles. The lowest BCUT2D eigenvalue weighted by Crippen LogP contribution is -2.20. The Kier molecular flexibility index (Phi) is 4.63. The molecule has 0 saturated heterocycles. The average Bonchev–Trinajstić information content (AvgIpc) is 2.84. The Morgan fingerprint density at radius 3 is 2.95 bits per heavy atom. The molecule has 1 heterocycles. The van der Waals surface area contributed by atoms with E-state index in [1.807, 2.05) is 18.2 Å². The summed E-state index contributed by atoms with van der Waals surface area (Å²) in [7, 11) is 0. The molecule has 19 heavy (non-hydrogen) atoms. The van der Waals surface area contributed by atoms with E-state index >= 15 is 0 Å². The van der Waals surface area contributed by atoms with Gasteiger partial charge in [-0.15, -0.1) is 0 Å². The van der Waals surface area contributed by atoms with E-state index in [0.717, 1.165) is 30.9 Å². The van der Waals surface area contributed by atoms with E-state index in [9.17, 15) is 4.79 Å². The van der Waals surface area contributed by atoms with Crippen molar-refractivity contribution in [3.63, 3.8) is 0 Å². The third-order valence-corrected chi connectivity index (χ3v) is 3.20. The van der Waals surface area contributed by atoms with Crippen LogP contribution in [0.1, 0.15) is 37.8 Å². The summed E-state index contributed by atoms with van der Waals surface area (Å²) in [5.74, 6) is 1.38. The van der Waals surface area contributed by atoms with Gasteiger partial charge in [0.2, 0.25) is 12.7 Å². The van der Waals surface area contributed by atoms with Gasteiger partial charge < -0.3 is 20.5 Å². The van der Waals surface area contributed by atoms with Crippen LogP contribution in [-0.4, -0.2) is 19.2 Å². The second-order valence-electron chi connectivity index (χ2n) is 4.71. The molecule has 0 bridgehead atoms. The van der Waals surface area contributed by atoms with Crippen LogP contribution in [0.4, 0.5) is 0 Å². The average molecular weight is 264 g/mol. The molecule has 1 unspecified atom stereocenters. The molecule has 0 fully saturated rings. The molecule has 1 aromatic rings. The molecule has 0 aliphatic carbocycles. The number of amides is 1. The van der Waals surface area contributed by atoms with Gasteiger partial charge in [0.1, 0.15) is 0 Å². The topological polar surface area (TPSA) is 73.6 Å². The smallest absolute Gasteiger partial charge is 0.231 e. The number of ether oxygens (including phenoxy) is 2. The summed E-state index contributed by atoms with van der Waals surface area (Å²) < 4.78 is 10.6. The summed E-state index contributed by atoms with van der Waals surface area (Å²) in [5.41, 5.74) is 6.26. The number of primary amides is 1. The zero-order valence-corrected chi connectivity index (χ0v) is 11.1. The highest BCUT2D eigenvalue weighted by atomic mass is 16.7. The predicted octanol–water partition coefficient (Wildman–Crippen LogP) is 1.72. The number of fused-ring (bicyclic) bond motifs is 1. The summed E-state index contributed by atoms with van der Waals surface area (Å²) >= 11 is 0. The Morgan fingerprint density at radius 2 is 2.16 bits per heavy atom. The third-order valence-electron chi connectivity index (χ3n) is 3.20. The van der Waals surface area contributed by atoms with Gasteiger partial charge >= 0.3 is 0 Å². The zero-order valence-electron chi connectivity index (χ0n) is 11.1. The maximum absolute atomic E-state index is 10.6. The Balaban J connectivity index is 1.77. The molecule has 0 spiro atoms. The highest BCUT2D eigenvalue weighted by molar-refractivity contribution is 5.73. The monoisotopic (exact) mass is 264 g/mol. The van der Waals surface area contributed by atoms with Crippen molar-refractivity contribution in [1.29, 1.82) is 0 Å². The molecular weight excluding hydrogens is 244 g/mol. The Hall–Kier alpha value is -1.75.